The van der Waals surface area contributed by atoms with E-state index in [2.05, 4.69) is 15.9 Å². The molecule has 0 aliphatic carbocycles. The molecule has 0 radical (unpaired) electrons. The number of Topliss-reactive ketones (excluding diaryl/α,β-unsaturated/α-hetero) is 1. The topological polar surface area (TPSA) is 57.9 Å². The highest BCUT2D eigenvalue weighted by Crippen LogP contribution is 2.17. The van der Waals surface area contributed by atoms with Gasteiger partial charge in [0.15, 0.2) is 5.78 Å². The third-order valence-corrected chi connectivity index (χ3v) is 2.62. The molecule has 0 N–H and O–H groups in total. The molecule has 1 rings (SSSR count). The minimum atomic E-state index is -0.132. The molecule has 1 aromatic carbocycles. The second-order valence-electron chi connectivity index (χ2n) is 3.03. The number of rotatable bonds is 3. The lowest BCUT2D eigenvalue weighted by Gasteiger charge is -2.05. The number of alkyl halides is 1. The second-order valence-corrected chi connectivity index (χ2v) is 3.59. The van der Waals surface area contributed by atoms with Crippen molar-refractivity contribution in [2.75, 3.05) is 5.33 Å². The fourth-order valence-electron chi connectivity index (χ4n) is 1.28. The van der Waals surface area contributed by atoms with Crippen molar-refractivity contribution in [2.24, 2.45) is 0 Å². The van der Waals surface area contributed by atoms with Crippen molar-refractivity contribution in [1.29, 1.82) is 5.26 Å². The number of halogens is 1. The predicted octanol–water partition coefficient (Wildman–Crippen LogP) is 2.26. The molecule has 4 heteroatoms. The van der Waals surface area contributed by atoms with Gasteiger partial charge in [-0.1, -0.05) is 15.9 Å². The minimum absolute atomic E-state index is 0.132. The number of hydrogen-bond acceptors (Lipinski definition) is 3. The maximum atomic E-state index is 11.5. The standard InChI is InChI=1S/C11H8BrNO2/c1-7-9(5-13)2-8(6-14)3-10(7)11(15)4-12/h2-3,6H,4H2,1H3. The summed E-state index contributed by atoms with van der Waals surface area (Å²) in [6, 6.07) is 4.95. The molecule has 0 bridgehead atoms. The molecular weight excluding hydrogens is 258 g/mol. The van der Waals surface area contributed by atoms with Crippen molar-refractivity contribution >= 4 is 28.0 Å². The van der Waals surface area contributed by atoms with E-state index in [-0.39, 0.29) is 11.1 Å². The van der Waals surface area contributed by atoms with Crippen LogP contribution in [0.25, 0.3) is 0 Å². The Balaban J connectivity index is 3.45. The molecule has 0 spiro atoms. The summed E-state index contributed by atoms with van der Waals surface area (Å²) < 4.78 is 0. The maximum absolute atomic E-state index is 11.5. The molecular formula is C11H8BrNO2. The van der Waals surface area contributed by atoms with Crippen LogP contribution in [0, 0.1) is 18.3 Å². The van der Waals surface area contributed by atoms with E-state index in [1.807, 2.05) is 6.07 Å². The molecule has 0 fully saturated rings. The minimum Gasteiger partial charge on any atom is -0.298 e. The van der Waals surface area contributed by atoms with Gasteiger partial charge < -0.3 is 0 Å². The lowest BCUT2D eigenvalue weighted by atomic mass is 9.97. The first-order chi connectivity index (χ1) is 7.13. The van der Waals surface area contributed by atoms with Gasteiger partial charge in [-0.15, -0.1) is 0 Å². The fraction of sp³-hybridized carbons (Fsp3) is 0.182. The Morgan fingerprint density at radius 1 is 1.60 bits per heavy atom. The maximum Gasteiger partial charge on any atom is 0.173 e. The van der Waals surface area contributed by atoms with Gasteiger partial charge in [-0.05, 0) is 24.6 Å². The van der Waals surface area contributed by atoms with Crippen LogP contribution >= 0.6 is 15.9 Å². The number of hydrogen-bond donors (Lipinski definition) is 0. The Kier molecular flexibility index (Phi) is 3.75. The van der Waals surface area contributed by atoms with Crippen molar-refractivity contribution in [3.05, 3.63) is 34.4 Å². The molecule has 0 aromatic heterocycles. The molecule has 15 heavy (non-hydrogen) atoms. The number of ketones is 1. The highest BCUT2D eigenvalue weighted by Gasteiger charge is 2.12. The number of carbonyl (C=O) groups excluding carboxylic acids is 2. The van der Waals surface area contributed by atoms with Gasteiger partial charge in [0.2, 0.25) is 0 Å². The van der Waals surface area contributed by atoms with Crippen molar-refractivity contribution in [3.63, 3.8) is 0 Å². The van der Waals surface area contributed by atoms with Crippen molar-refractivity contribution in [2.45, 2.75) is 6.92 Å². The number of nitrogens with zero attached hydrogens (tertiary/aromatic N) is 1. The summed E-state index contributed by atoms with van der Waals surface area (Å²) in [5.41, 5.74) is 1.76. The smallest absolute Gasteiger partial charge is 0.173 e. The van der Waals surface area contributed by atoms with E-state index >= 15 is 0 Å². The first-order valence-electron chi connectivity index (χ1n) is 4.23. The van der Waals surface area contributed by atoms with E-state index in [1.54, 1.807) is 6.92 Å². The third kappa shape index (κ3) is 2.31. The van der Waals surface area contributed by atoms with Crippen molar-refractivity contribution < 1.29 is 9.59 Å². The number of aldehydes is 1. The monoisotopic (exact) mass is 265 g/mol. The number of benzene rings is 1. The Morgan fingerprint density at radius 2 is 2.27 bits per heavy atom. The number of carbonyl (C=O) groups is 2. The second kappa shape index (κ2) is 4.85. The third-order valence-electron chi connectivity index (χ3n) is 2.11. The molecule has 3 nitrogen and oxygen atoms in total. The molecule has 0 unspecified atom stereocenters. The molecule has 0 aliphatic rings. The zero-order valence-corrected chi connectivity index (χ0v) is 9.67. The SMILES string of the molecule is Cc1c(C#N)cc(C=O)cc1C(=O)CBr. The van der Waals surface area contributed by atoms with Gasteiger partial charge >= 0.3 is 0 Å². The zero-order valence-electron chi connectivity index (χ0n) is 8.08. The van der Waals surface area contributed by atoms with E-state index in [1.165, 1.54) is 12.1 Å². The molecule has 1 aromatic rings. The molecule has 0 saturated heterocycles. The van der Waals surface area contributed by atoms with Crippen LogP contribution in [0.15, 0.2) is 12.1 Å². The fourth-order valence-corrected chi connectivity index (χ4v) is 1.58. The largest absolute Gasteiger partial charge is 0.298 e. The van der Waals surface area contributed by atoms with Crippen LogP contribution in [0.3, 0.4) is 0 Å². The van der Waals surface area contributed by atoms with Crippen LogP contribution in [0.4, 0.5) is 0 Å². The Bertz CT molecular complexity index is 460. The molecule has 76 valence electrons. The van der Waals surface area contributed by atoms with Gasteiger partial charge in [-0.3, -0.25) is 9.59 Å². The summed E-state index contributed by atoms with van der Waals surface area (Å²) in [4.78, 5) is 22.1. The average Bonchev–Trinajstić information content (AvgIpc) is 2.28. The lowest BCUT2D eigenvalue weighted by Crippen LogP contribution is -2.05. The predicted molar refractivity (Wildman–Crippen MR) is 59.4 cm³/mol. The lowest BCUT2D eigenvalue weighted by molar-refractivity contribution is 0.102. The highest BCUT2D eigenvalue weighted by atomic mass is 79.9. The average molecular weight is 266 g/mol. The van der Waals surface area contributed by atoms with Gasteiger partial charge in [-0.25, -0.2) is 0 Å². The summed E-state index contributed by atoms with van der Waals surface area (Å²) in [6.45, 7) is 1.70. The first kappa shape index (κ1) is 11.6. The highest BCUT2D eigenvalue weighted by molar-refractivity contribution is 9.09. The Labute approximate surface area is 95.8 Å². The van der Waals surface area contributed by atoms with Crippen molar-refractivity contribution in [3.8, 4) is 6.07 Å². The molecule has 0 atom stereocenters. The summed E-state index contributed by atoms with van der Waals surface area (Å²) in [7, 11) is 0. The summed E-state index contributed by atoms with van der Waals surface area (Å²) in [5, 5.41) is 9.01. The van der Waals surface area contributed by atoms with E-state index < -0.39 is 0 Å². The van der Waals surface area contributed by atoms with Gasteiger partial charge in [-0.2, -0.15) is 5.26 Å². The molecule has 0 saturated carbocycles. The van der Waals surface area contributed by atoms with Crippen LogP contribution in [0.2, 0.25) is 0 Å². The zero-order chi connectivity index (χ0) is 11.4. The van der Waals surface area contributed by atoms with Crippen molar-refractivity contribution in [1.82, 2.24) is 0 Å². The summed E-state index contributed by atoms with van der Waals surface area (Å²) in [6.07, 6.45) is 0.630. The van der Waals surface area contributed by atoms with Crippen LogP contribution < -0.4 is 0 Å². The van der Waals surface area contributed by atoms with Gasteiger partial charge in [0.05, 0.1) is 17.0 Å². The quantitative estimate of drug-likeness (QED) is 0.479. The van der Waals surface area contributed by atoms with Crippen LogP contribution in [-0.2, 0) is 0 Å². The Morgan fingerprint density at radius 3 is 2.73 bits per heavy atom. The van der Waals surface area contributed by atoms with Crippen LogP contribution in [0.5, 0.6) is 0 Å². The van der Waals surface area contributed by atoms with Crippen LogP contribution in [-0.4, -0.2) is 17.4 Å². The number of nitriles is 1. The molecule has 0 heterocycles. The molecule has 0 amide bonds. The Hall–Kier alpha value is -1.47. The van der Waals surface area contributed by atoms with Gasteiger partial charge in [0.25, 0.3) is 0 Å². The first-order valence-corrected chi connectivity index (χ1v) is 5.35. The van der Waals surface area contributed by atoms with E-state index in [4.69, 9.17) is 5.26 Å². The summed E-state index contributed by atoms with van der Waals surface area (Å²) >= 11 is 3.06. The van der Waals surface area contributed by atoms with E-state index in [9.17, 15) is 9.59 Å². The normalized spacial score (nSPS) is 9.40. The van der Waals surface area contributed by atoms with Crippen LogP contribution in [0.1, 0.15) is 31.8 Å². The molecule has 0 aliphatic heterocycles. The summed E-state index contributed by atoms with van der Waals surface area (Å²) in [5.74, 6) is -0.132. The van der Waals surface area contributed by atoms with Gasteiger partial charge in [0.1, 0.15) is 6.29 Å². The van der Waals surface area contributed by atoms with E-state index in [0.29, 0.717) is 28.5 Å². The van der Waals surface area contributed by atoms with E-state index in [0.717, 1.165) is 0 Å². The van der Waals surface area contributed by atoms with Gasteiger partial charge in [0, 0.05) is 11.1 Å².